The summed E-state index contributed by atoms with van der Waals surface area (Å²) < 4.78 is 0. The normalized spacial score (nSPS) is 46.4. The van der Waals surface area contributed by atoms with Gasteiger partial charge in [-0.2, -0.15) is 0 Å². The first-order valence-corrected chi connectivity index (χ1v) is 7.83. The Labute approximate surface area is 109 Å². The summed E-state index contributed by atoms with van der Waals surface area (Å²) in [5.41, 5.74) is 0. The summed E-state index contributed by atoms with van der Waals surface area (Å²) >= 11 is 0. The summed E-state index contributed by atoms with van der Waals surface area (Å²) in [6.07, 6.45) is 7.86. The van der Waals surface area contributed by atoms with E-state index in [0.717, 1.165) is 37.4 Å². The number of amides is 1. The minimum absolute atomic E-state index is 0.393. The quantitative estimate of drug-likeness (QED) is 0.765. The molecule has 100 valence electrons. The molecule has 3 heteroatoms. The Hall–Kier alpha value is -0.570. The van der Waals surface area contributed by atoms with E-state index in [1.165, 1.54) is 38.5 Å². The van der Waals surface area contributed by atoms with E-state index in [-0.39, 0.29) is 0 Å². The van der Waals surface area contributed by atoms with Crippen LogP contribution in [0, 0.1) is 23.7 Å². The fourth-order valence-corrected chi connectivity index (χ4v) is 5.01. The summed E-state index contributed by atoms with van der Waals surface area (Å²) in [5.74, 6) is 3.24. The SMILES string of the molecule is O=C(C1CC2CCC1C2)N1CC2CCCNC2C1. The van der Waals surface area contributed by atoms with Gasteiger partial charge in [0.25, 0.3) is 0 Å². The predicted octanol–water partition coefficient (Wildman–Crippen LogP) is 1.63. The van der Waals surface area contributed by atoms with Crippen molar-refractivity contribution in [2.75, 3.05) is 19.6 Å². The first kappa shape index (κ1) is 11.3. The molecule has 0 aromatic heterocycles. The second-order valence-corrected chi connectivity index (χ2v) is 6.99. The number of carbonyl (C=O) groups is 1. The fourth-order valence-electron chi connectivity index (χ4n) is 5.01. The lowest BCUT2D eigenvalue weighted by Crippen LogP contribution is -2.41. The van der Waals surface area contributed by atoms with Crippen molar-refractivity contribution in [1.29, 1.82) is 0 Å². The molecule has 4 fully saturated rings. The molecule has 2 aliphatic carbocycles. The number of hydrogen-bond acceptors (Lipinski definition) is 2. The van der Waals surface area contributed by atoms with E-state index < -0.39 is 0 Å². The van der Waals surface area contributed by atoms with Crippen molar-refractivity contribution in [3.63, 3.8) is 0 Å². The topological polar surface area (TPSA) is 32.3 Å². The molecule has 5 unspecified atom stereocenters. The first-order chi connectivity index (χ1) is 8.81. The van der Waals surface area contributed by atoms with Gasteiger partial charge < -0.3 is 10.2 Å². The van der Waals surface area contributed by atoms with Crippen LogP contribution in [0.15, 0.2) is 0 Å². The van der Waals surface area contributed by atoms with Gasteiger partial charge in [-0.05, 0) is 56.4 Å². The Bertz CT molecular complexity index is 342. The molecule has 4 rings (SSSR count). The van der Waals surface area contributed by atoms with Crippen molar-refractivity contribution in [2.45, 2.75) is 44.6 Å². The summed E-state index contributed by atoms with van der Waals surface area (Å²) in [4.78, 5) is 14.9. The third-order valence-corrected chi connectivity index (χ3v) is 5.97. The molecule has 2 heterocycles. The van der Waals surface area contributed by atoms with Gasteiger partial charge in [-0.25, -0.2) is 0 Å². The van der Waals surface area contributed by atoms with Crippen molar-refractivity contribution >= 4 is 5.91 Å². The Morgan fingerprint density at radius 3 is 2.72 bits per heavy atom. The number of nitrogens with one attached hydrogen (secondary N) is 1. The Kier molecular flexibility index (Phi) is 2.65. The van der Waals surface area contributed by atoms with E-state index in [1.54, 1.807) is 0 Å². The highest BCUT2D eigenvalue weighted by atomic mass is 16.2. The van der Waals surface area contributed by atoms with Crippen LogP contribution in [0.3, 0.4) is 0 Å². The Balaban J connectivity index is 1.43. The average Bonchev–Trinajstić information content (AvgIpc) is 3.11. The lowest BCUT2D eigenvalue weighted by molar-refractivity contribution is -0.136. The van der Waals surface area contributed by atoms with Crippen molar-refractivity contribution in [1.82, 2.24) is 10.2 Å². The number of nitrogens with zero attached hydrogens (tertiary/aromatic N) is 1. The largest absolute Gasteiger partial charge is 0.341 e. The standard InChI is InChI=1S/C15H24N2O/c18-15(13-7-10-3-4-11(13)6-10)17-8-12-2-1-5-16-14(12)9-17/h10-14,16H,1-9H2. The third kappa shape index (κ3) is 1.70. The van der Waals surface area contributed by atoms with E-state index in [4.69, 9.17) is 0 Å². The molecule has 2 aliphatic heterocycles. The molecule has 0 radical (unpaired) electrons. The summed E-state index contributed by atoms with van der Waals surface area (Å²) in [5, 5.41) is 3.60. The van der Waals surface area contributed by atoms with Gasteiger partial charge in [0.2, 0.25) is 5.91 Å². The zero-order valence-electron chi connectivity index (χ0n) is 11.1. The highest BCUT2D eigenvalue weighted by Crippen LogP contribution is 2.49. The smallest absolute Gasteiger partial charge is 0.226 e. The molecule has 2 bridgehead atoms. The maximum Gasteiger partial charge on any atom is 0.226 e. The van der Waals surface area contributed by atoms with E-state index in [1.807, 2.05) is 0 Å². The molecule has 18 heavy (non-hydrogen) atoms. The summed E-state index contributed by atoms with van der Waals surface area (Å²) in [6.45, 7) is 3.17. The van der Waals surface area contributed by atoms with Gasteiger partial charge in [0.1, 0.15) is 0 Å². The summed E-state index contributed by atoms with van der Waals surface area (Å²) in [6, 6.07) is 0.598. The van der Waals surface area contributed by atoms with E-state index in [0.29, 0.717) is 17.9 Å². The lowest BCUT2D eigenvalue weighted by atomic mass is 9.88. The van der Waals surface area contributed by atoms with Gasteiger partial charge in [-0.3, -0.25) is 4.79 Å². The van der Waals surface area contributed by atoms with Crippen molar-refractivity contribution < 1.29 is 4.79 Å². The van der Waals surface area contributed by atoms with Crippen molar-refractivity contribution in [3.8, 4) is 0 Å². The molecule has 0 aromatic rings. The number of rotatable bonds is 1. The highest BCUT2D eigenvalue weighted by molar-refractivity contribution is 5.80. The average molecular weight is 248 g/mol. The number of fused-ring (bicyclic) bond motifs is 3. The predicted molar refractivity (Wildman–Crippen MR) is 70.0 cm³/mol. The fraction of sp³-hybridized carbons (Fsp3) is 0.933. The second-order valence-electron chi connectivity index (χ2n) is 6.99. The van der Waals surface area contributed by atoms with Gasteiger partial charge in [0, 0.05) is 25.0 Å². The minimum Gasteiger partial charge on any atom is -0.341 e. The van der Waals surface area contributed by atoms with Gasteiger partial charge in [-0.1, -0.05) is 6.42 Å². The Morgan fingerprint density at radius 2 is 2.00 bits per heavy atom. The van der Waals surface area contributed by atoms with Crippen LogP contribution in [-0.4, -0.2) is 36.5 Å². The van der Waals surface area contributed by atoms with Crippen LogP contribution >= 0.6 is 0 Å². The number of carbonyl (C=O) groups excluding carboxylic acids is 1. The molecule has 5 atom stereocenters. The van der Waals surface area contributed by atoms with Crippen molar-refractivity contribution in [3.05, 3.63) is 0 Å². The highest BCUT2D eigenvalue weighted by Gasteiger charge is 2.46. The zero-order valence-corrected chi connectivity index (χ0v) is 11.1. The molecular weight excluding hydrogens is 224 g/mol. The van der Waals surface area contributed by atoms with Crippen LogP contribution in [0.2, 0.25) is 0 Å². The van der Waals surface area contributed by atoms with Crippen LogP contribution < -0.4 is 5.32 Å². The molecule has 2 saturated heterocycles. The van der Waals surface area contributed by atoms with Crippen molar-refractivity contribution in [2.24, 2.45) is 23.7 Å². The maximum absolute atomic E-state index is 12.7. The van der Waals surface area contributed by atoms with Gasteiger partial charge in [0.05, 0.1) is 0 Å². The molecule has 2 saturated carbocycles. The van der Waals surface area contributed by atoms with E-state index in [9.17, 15) is 4.79 Å². The lowest BCUT2D eigenvalue weighted by Gasteiger charge is -2.26. The van der Waals surface area contributed by atoms with Crippen LogP contribution in [0.5, 0.6) is 0 Å². The molecule has 3 nitrogen and oxygen atoms in total. The van der Waals surface area contributed by atoms with Crippen LogP contribution in [0.4, 0.5) is 0 Å². The minimum atomic E-state index is 0.393. The second kappa shape index (κ2) is 4.22. The number of likely N-dealkylation sites (tertiary alicyclic amines) is 1. The third-order valence-electron chi connectivity index (χ3n) is 5.97. The molecule has 4 aliphatic rings. The van der Waals surface area contributed by atoms with Gasteiger partial charge >= 0.3 is 0 Å². The number of hydrogen-bond donors (Lipinski definition) is 1. The first-order valence-electron chi connectivity index (χ1n) is 7.83. The van der Waals surface area contributed by atoms with Crippen LogP contribution in [0.1, 0.15) is 38.5 Å². The molecular formula is C15H24N2O. The van der Waals surface area contributed by atoms with Crippen LogP contribution in [-0.2, 0) is 4.79 Å². The maximum atomic E-state index is 12.7. The van der Waals surface area contributed by atoms with E-state index >= 15 is 0 Å². The number of piperidine rings is 1. The van der Waals surface area contributed by atoms with Crippen LogP contribution in [0.25, 0.3) is 0 Å². The Morgan fingerprint density at radius 1 is 1.06 bits per heavy atom. The monoisotopic (exact) mass is 248 g/mol. The molecule has 0 aromatic carbocycles. The summed E-state index contributed by atoms with van der Waals surface area (Å²) in [7, 11) is 0. The molecule has 1 amide bonds. The van der Waals surface area contributed by atoms with Gasteiger partial charge in [0.15, 0.2) is 0 Å². The molecule has 1 N–H and O–H groups in total. The van der Waals surface area contributed by atoms with Gasteiger partial charge in [-0.15, -0.1) is 0 Å². The molecule has 0 spiro atoms. The zero-order chi connectivity index (χ0) is 12.1. The van der Waals surface area contributed by atoms with E-state index in [2.05, 4.69) is 10.2 Å².